The lowest BCUT2D eigenvalue weighted by atomic mass is 9.92. The molecule has 0 unspecified atom stereocenters. The van der Waals surface area contributed by atoms with E-state index in [1.807, 2.05) is 24.3 Å². The van der Waals surface area contributed by atoms with Crippen LogP contribution < -0.4 is 16.0 Å². The minimum absolute atomic E-state index is 0.172. The molecule has 3 rings (SSSR count). The highest BCUT2D eigenvalue weighted by Gasteiger charge is 2.30. The van der Waals surface area contributed by atoms with Crippen molar-refractivity contribution in [1.82, 2.24) is 10.6 Å². The first-order valence-corrected chi connectivity index (χ1v) is 9.31. The van der Waals surface area contributed by atoms with Crippen LogP contribution in [-0.4, -0.2) is 11.0 Å². The number of carbonyl (C=O) groups excluding carboxylic acids is 1. The molecule has 4 nitrogen and oxygen atoms in total. The second-order valence-corrected chi connectivity index (χ2v) is 7.38. The molecule has 1 atom stereocenters. The van der Waals surface area contributed by atoms with Gasteiger partial charge in [0.15, 0.2) is 16.7 Å². The molecule has 0 aliphatic carbocycles. The van der Waals surface area contributed by atoms with Crippen LogP contribution in [0.4, 0.5) is 14.5 Å². The van der Waals surface area contributed by atoms with E-state index in [-0.39, 0.29) is 5.69 Å². The van der Waals surface area contributed by atoms with Gasteiger partial charge in [0.05, 0.1) is 11.6 Å². The number of anilines is 1. The molecule has 2 aromatic rings. The maximum Gasteiger partial charge on any atom is 0.255 e. The van der Waals surface area contributed by atoms with Crippen LogP contribution in [0.25, 0.3) is 0 Å². The molecular formula is C21H21F2N3OS. The van der Waals surface area contributed by atoms with Gasteiger partial charge in [-0.2, -0.15) is 0 Å². The molecule has 7 heteroatoms. The third-order valence-corrected chi connectivity index (χ3v) is 4.85. The van der Waals surface area contributed by atoms with E-state index in [9.17, 15) is 13.6 Å². The first-order valence-electron chi connectivity index (χ1n) is 8.91. The van der Waals surface area contributed by atoms with Crippen molar-refractivity contribution in [2.45, 2.75) is 32.7 Å². The van der Waals surface area contributed by atoms with Crippen molar-refractivity contribution < 1.29 is 13.6 Å². The lowest BCUT2D eigenvalue weighted by Crippen LogP contribution is -2.45. The van der Waals surface area contributed by atoms with Gasteiger partial charge in [0.25, 0.3) is 5.91 Å². The molecular weight excluding hydrogens is 380 g/mol. The summed E-state index contributed by atoms with van der Waals surface area (Å²) in [7, 11) is 0. The average Bonchev–Trinajstić information content (AvgIpc) is 2.64. The molecule has 2 aromatic carbocycles. The fourth-order valence-corrected chi connectivity index (χ4v) is 3.36. The van der Waals surface area contributed by atoms with Crippen LogP contribution >= 0.6 is 12.2 Å². The smallest absolute Gasteiger partial charge is 0.255 e. The molecule has 0 bridgehead atoms. The van der Waals surface area contributed by atoms with Gasteiger partial charge in [0.2, 0.25) is 0 Å². The van der Waals surface area contributed by atoms with Crippen LogP contribution in [0, 0.1) is 11.6 Å². The summed E-state index contributed by atoms with van der Waals surface area (Å²) in [6.45, 7) is 5.97. The number of benzene rings is 2. The Hall–Kier alpha value is -2.80. The molecule has 1 aliphatic rings. The minimum Gasteiger partial charge on any atom is -0.351 e. The number of allylic oxidation sites excluding steroid dienone is 1. The predicted octanol–water partition coefficient (Wildman–Crippen LogP) is 4.52. The Kier molecular flexibility index (Phi) is 5.74. The Morgan fingerprint density at radius 3 is 2.39 bits per heavy atom. The fraction of sp³-hybridized carbons (Fsp3) is 0.238. The van der Waals surface area contributed by atoms with Crippen LogP contribution in [0.3, 0.4) is 0 Å². The minimum atomic E-state index is -1.02. The van der Waals surface area contributed by atoms with Crippen LogP contribution in [0.5, 0.6) is 0 Å². The number of nitrogens with one attached hydrogen (secondary N) is 3. The molecule has 146 valence electrons. The van der Waals surface area contributed by atoms with Crippen molar-refractivity contribution >= 4 is 28.9 Å². The SMILES string of the molecule is CC1=C(C(=O)Nc2ccc(F)c(F)c2)[C@@H](c2ccc(C(C)C)cc2)NC(=S)N1. The fourth-order valence-electron chi connectivity index (χ4n) is 3.09. The normalized spacial score (nSPS) is 16.6. The van der Waals surface area contributed by atoms with E-state index in [4.69, 9.17) is 12.2 Å². The van der Waals surface area contributed by atoms with Crippen molar-refractivity contribution in [2.75, 3.05) is 5.32 Å². The molecule has 1 heterocycles. The Balaban J connectivity index is 1.92. The van der Waals surface area contributed by atoms with Gasteiger partial charge in [0.1, 0.15) is 0 Å². The van der Waals surface area contributed by atoms with Crippen molar-refractivity contribution in [2.24, 2.45) is 0 Å². The van der Waals surface area contributed by atoms with Gasteiger partial charge < -0.3 is 16.0 Å². The highest BCUT2D eigenvalue weighted by Crippen LogP contribution is 2.29. The molecule has 3 N–H and O–H groups in total. The zero-order chi connectivity index (χ0) is 20.4. The standard InChI is InChI=1S/C21H21F2N3OS/c1-11(2)13-4-6-14(7-5-13)19-18(12(3)24-21(28)26-19)20(27)25-15-8-9-16(22)17(23)10-15/h4-11,19H,1-3H3,(H,25,27)(H2,24,26,28)/t19-/m1/s1. The zero-order valence-electron chi connectivity index (χ0n) is 15.8. The second-order valence-electron chi connectivity index (χ2n) is 6.97. The van der Waals surface area contributed by atoms with E-state index in [0.717, 1.165) is 17.7 Å². The number of amides is 1. The van der Waals surface area contributed by atoms with Gasteiger partial charge in [-0.05, 0) is 48.3 Å². The highest BCUT2D eigenvalue weighted by molar-refractivity contribution is 7.80. The van der Waals surface area contributed by atoms with Crippen molar-refractivity contribution in [1.29, 1.82) is 0 Å². The Morgan fingerprint density at radius 2 is 1.79 bits per heavy atom. The third kappa shape index (κ3) is 4.20. The number of hydrogen-bond donors (Lipinski definition) is 3. The van der Waals surface area contributed by atoms with E-state index in [2.05, 4.69) is 29.8 Å². The summed E-state index contributed by atoms with van der Waals surface area (Å²) in [6, 6.07) is 10.7. The van der Waals surface area contributed by atoms with Crippen LogP contribution in [0.2, 0.25) is 0 Å². The third-order valence-electron chi connectivity index (χ3n) is 4.63. The van der Waals surface area contributed by atoms with Gasteiger partial charge in [-0.1, -0.05) is 38.1 Å². The van der Waals surface area contributed by atoms with Crippen molar-refractivity contribution in [3.05, 3.63) is 76.5 Å². The van der Waals surface area contributed by atoms with Gasteiger partial charge >= 0.3 is 0 Å². The lowest BCUT2D eigenvalue weighted by Gasteiger charge is -2.30. The molecule has 0 fully saturated rings. The van der Waals surface area contributed by atoms with Crippen molar-refractivity contribution in [3.8, 4) is 0 Å². The number of thiocarbonyl (C=S) groups is 1. The summed E-state index contributed by atoms with van der Waals surface area (Å²) in [5, 5.41) is 9.11. The van der Waals surface area contributed by atoms with Gasteiger partial charge in [-0.25, -0.2) is 8.78 Å². The summed E-state index contributed by atoms with van der Waals surface area (Å²) in [5.74, 6) is -2.03. The number of rotatable bonds is 4. The number of halogens is 2. The quantitative estimate of drug-likeness (QED) is 0.660. The maximum absolute atomic E-state index is 13.5. The molecule has 0 aromatic heterocycles. The van der Waals surface area contributed by atoms with E-state index in [0.29, 0.717) is 22.3 Å². The van der Waals surface area contributed by atoms with E-state index in [1.54, 1.807) is 6.92 Å². The zero-order valence-corrected chi connectivity index (χ0v) is 16.6. The second kappa shape index (κ2) is 8.06. The average molecular weight is 401 g/mol. The van der Waals surface area contributed by atoms with E-state index >= 15 is 0 Å². The summed E-state index contributed by atoms with van der Waals surface area (Å²) in [4.78, 5) is 12.9. The first kappa shape index (κ1) is 19.9. The first-order chi connectivity index (χ1) is 13.3. The number of carbonyl (C=O) groups is 1. The van der Waals surface area contributed by atoms with Gasteiger partial charge in [-0.3, -0.25) is 4.79 Å². The van der Waals surface area contributed by atoms with E-state index in [1.165, 1.54) is 11.6 Å². The summed E-state index contributed by atoms with van der Waals surface area (Å²) < 4.78 is 26.6. The van der Waals surface area contributed by atoms with Gasteiger partial charge in [0, 0.05) is 17.5 Å². The monoisotopic (exact) mass is 401 g/mol. The number of hydrogen-bond acceptors (Lipinski definition) is 2. The van der Waals surface area contributed by atoms with E-state index < -0.39 is 23.6 Å². The molecule has 1 amide bonds. The van der Waals surface area contributed by atoms with Crippen molar-refractivity contribution in [3.63, 3.8) is 0 Å². The molecule has 0 saturated carbocycles. The summed E-state index contributed by atoms with van der Waals surface area (Å²) >= 11 is 5.25. The Labute approximate surface area is 168 Å². The van der Waals surface area contributed by atoms with Crippen LogP contribution in [0.1, 0.15) is 43.9 Å². The predicted molar refractivity (Wildman–Crippen MR) is 110 cm³/mol. The molecule has 0 saturated heterocycles. The van der Waals surface area contributed by atoms with Crippen LogP contribution in [-0.2, 0) is 4.79 Å². The molecule has 0 spiro atoms. The largest absolute Gasteiger partial charge is 0.351 e. The summed E-state index contributed by atoms with van der Waals surface area (Å²) in [5.41, 5.74) is 3.26. The Morgan fingerprint density at radius 1 is 1.11 bits per heavy atom. The molecule has 28 heavy (non-hydrogen) atoms. The lowest BCUT2D eigenvalue weighted by molar-refractivity contribution is -0.113. The maximum atomic E-state index is 13.5. The Bertz CT molecular complexity index is 955. The van der Waals surface area contributed by atoms with Gasteiger partial charge in [-0.15, -0.1) is 0 Å². The highest BCUT2D eigenvalue weighted by atomic mass is 32.1. The molecule has 0 radical (unpaired) electrons. The molecule has 1 aliphatic heterocycles. The van der Waals surface area contributed by atoms with Crippen LogP contribution in [0.15, 0.2) is 53.7 Å². The topological polar surface area (TPSA) is 53.2 Å². The summed E-state index contributed by atoms with van der Waals surface area (Å²) in [6.07, 6.45) is 0.